The minimum absolute atomic E-state index is 0.125. The quantitative estimate of drug-likeness (QED) is 0.755. The van der Waals surface area contributed by atoms with Gasteiger partial charge in [0.25, 0.3) is 0 Å². The Balaban J connectivity index is 2.06. The van der Waals surface area contributed by atoms with E-state index in [2.05, 4.69) is 10.1 Å². The van der Waals surface area contributed by atoms with Crippen molar-refractivity contribution < 1.29 is 4.79 Å². The molecule has 0 saturated heterocycles. The second kappa shape index (κ2) is 5.16. The van der Waals surface area contributed by atoms with Gasteiger partial charge < -0.3 is 4.57 Å². The van der Waals surface area contributed by atoms with Crippen LogP contribution in [0.2, 0.25) is 0 Å². The third-order valence-corrected chi connectivity index (χ3v) is 2.98. The number of nitrogens with zero attached hydrogens (tertiary/aromatic N) is 4. The summed E-state index contributed by atoms with van der Waals surface area (Å²) in [5.74, 6) is 1.06. The summed E-state index contributed by atoms with van der Waals surface area (Å²) in [5.41, 5.74) is 1.58. The molecule has 18 heavy (non-hydrogen) atoms. The first kappa shape index (κ1) is 12.5. The first-order valence-electron chi connectivity index (χ1n) is 6.15. The van der Waals surface area contributed by atoms with Gasteiger partial charge in [-0.2, -0.15) is 5.10 Å². The predicted octanol–water partition coefficient (Wildman–Crippen LogP) is 1.76. The van der Waals surface area contributed by atoms with Gasteiger partial charge in [-0.1, -0.05) is 0 Å². The third kappa shape index (κ3) is 2.50. The van der Waals surface area contributed by atoms with Gasteiger partial charge in [-0.25, -0.2) is 4.98 Å². The molecule has 0 spiro atoms. The monoisotopic (exact) mass is 246 g/mol. The van der Waals surface area contributed by atoms with Crippen LogP contribution in [-0.2, 0) is 20.0 Å². The molecule has 0 radical (unpaired) electrons. The Hall–Kier alpha value is -1.91. The molecule has 2 aromatic heterocycles. The highest BCUT2D eigenvalue weighted by atomic mass is 16.1. The van der Waals surface area contributed by atoms with Crippen LogP contribution in [0.5, 0.6) is 0 Å². The van der Waals surface area contributed by atoms with E-state index in [4.69, 9.17) is 0 Å². The SMILES string of the molecule is CCn1nc(C)cc1C(=O)CCc1nccn1C. The van der Waals surface area contributed by atoms with Gasteiger partial charge in [-0.15, -0.1) is 0 Å². The zero-order valence-electron chi connectivity index (χ0n) is 11.1. The number of rotatable bonds is 5. The molecule has 0 aliphatic carbocycles. The largest absolute Gasteiger partial charge is 0.338 e. The predicted molar refractivity (Wildman–Crippen MR) is 68.5 cm³/mol. The second-order valence-electron chi connectivity index (χ2n) is 4.36. The van der Waals surface area contributed by atoms with E-state index in [0.717, 1.165) is 18.1 Å². The molecule has 2 aromatic rings. The average molecular weight is 246 g/mol. The number of hydrogen-bond acceptors (Lipinski definition) is 3. The summed E-state index contributed by atoms with van der Waals surface area (Å²) in [4.78, 5) is 16.4. The molecular formula is C13H18N4O. The second-order valence-corrected chi connectivity index (χ2v) is 4.36. The Labute approximate surface area is 106 Å². The van der Waals surface area contributed by atoms with Gasteiger partial charge in [0.15, 0.2) is 5.78 Å². The molecule has 5 nitrogen and oxygen atoms in total. The molecule has 0 aliphatic heterocycles. The van der Waals surface area contributed by atoms with E-state index in [-0.39, 0.29) is 5.78 Å². The van der Waals surface area contributed by atoms with Crippen molar-refractivity contribution in [3.05, 3.63) is 35.7 Å². The summed E-state index contributed by atoms with van der Waals surface area (Å²) in [6.45, 7) is 4.61. The van der Waals surface area contributed by atoms with E-state index >= 15 is 0 Å². The number of carbonyl (C=O) groups is 1. The van der Waals surface area contributed by atoms with Gasteiger partial charge >= 0.3 is 0 Å². The maximum atomic E-state index is 12.1. The molecular weight excluding hydrogens is 228 g/mol. The zero-order chi connectivity index (χ0) is 13.1. The molecule has 0 fully saturated rings. The fourth-order valence-electron chi connectivity index (χ4n) is 2.00. The average Bonchev–Trinajstić information content (AvgIpc) is 2.92. The van der Waals surface area contributed by atoms with E-state index in [1.807, 2.05) is 37.7 Å². The molecule has 0 bridgehead atoms. The molecule has 0 unspecified atom stereocenters. The highest BCUT2D eigenvalue weighted by Gasteiger charge is 2.13. The Morgan fingerprint density at radius 1 is 1.44 bits per heavy atom. The molecule has 0 saturated carbocycles. The summed E-state index contributed by atoms with van der Waals surface area (Å²) in [7, 11) is 1.94. The zero-order valence-corrected chi connectivity index (χ0v) is 11.1. The van der Waals surface area contributed by atoms with E-state index < -0.39 is 0 Å². The molecule has 96 valence electrons. The van der Waals surface area contributed by atoms with Crippen molar-refractivity contribution >= 4 is 5.78 Å². The van der Waals surface area contributed by atoms with Crippen molar-refractivity contribution in [2.45, 2.75) is 33.2 Å². The lowest BCUT2D eigenvalue weighted by molar-refractivity contribution is 0.0971. The lowest BCUT2D eigenvalue weighted by atomic mass is 10.1. The van der Waals surface area contributed by atoms with Crippen LogP contribution in [0.1, 0.15) is 35.4 Å². The first-order valence-corrected chi connectivity index (χ1v) is 6.15. The van der Waals surface area contributed by atoms with E-state index in [9.17, 15) is 4.79 Å². The van der Waals surface area contributed by atoms with Gasteiger partial charge in [-0.3, -0.25) is 9.48 Å². The standard InChI is InChI=1S/C13H18N4O/c1-4-17-11(9-10(2)15-17)12(18)5-6-13-14-7-8-16(13)3/h7-9H,4-6H2,1-3H3. The van der Waals surface area contributed by atoms with E-state index in [1.165, 1.54) is 0 Å². The highest BCUT2D eigenvalue weighted by molar-refractivity contribution is 5.94. The van der Waals surface area contributed by atoms with Gasteiger partial charge in [0.2, 0.25) is 0 Å². The molecule has 0 atom stereocenters. The number of aromatic nitrogens is 4. The molecule has 2 rings (SSSR count). The molecule has 0 aromatic carbocycles. The Kier molecular flexibility index (Phi) is 3.60. The van der Waals surface area contributed by atoms with Gasteiger partial charge in [0.05, 0.1) is 5.69 Å². The van der Waals surface area contributed by atoms with Crippen LogP contribution in [0.15, 0.2) is 18.5 Å². The smallest absolute Gasteiger partial charge is 0.181 e. The van der Waals surface area contributed by atoms with Crippen LogP contribution in [0.4, 0.5) is 0 Å². The van der Waals surface area contributed by atoms with Crippen LogP contribution in [0, 0.1) is 6.92 Å². The van der Waals surface area contributed by atoms with Gasteiger partial charge in [-0.05, 0) is 19.9 Å². The van der Waals surface area contributed by atoms with Crippen LogP contribution >= 0.6 is 0 Å². The minimum atomic E-state index is 0.125. The highest BCUT2D eigenvalue weighted by Crippen LogP contribution is 2.09. The molecule has 0 amide bonds. The van der Waals surface area contributed by atoms with Crippen molar-refractivity contribution in [2.24, 2.45) is 7.05 Å². The molecule has 5 heteroatoms. The van der Waals surface area contributed by atoms with Crippen molar-refractivity contribution in [3.63, 3.8) is 0 Å². The van der Waals surface area contributed by atoms with Gasteiger partial charge in [0, 0.05) is 38.8 Å². The van der Waals surface area contributed by atoms with Crippen LogP contribution in [0.3, 0.4) is 0 Å². The number of Topliss-reactive ketones (excluding diaryl/α,β-unsaturated/α-hetero) is 1. The van der Waals surface area contributed by atoms with Crippen molar-refractivity contribution in [3.8, 4) is 0 Å². The van der Waals surface area contributed by atoms with E-state index in [0.29, 0.717) is 18.5 Å². The summed E-state index contributed by atoms with van der Waals surface area (Å²) >= 11 is 0. The number of imidazole rings is 1. The fraction of sp³-hybridized carbons (Fsp3) is 0.462. The van der Waals surface area contributed by atoms with Crippen LogP contribution in [-0.4, -0.2) is 25.1 Å². The lowest BCUT2D eigenvalue weighted by Gasteiger charge is -2.04. The van der Waals surface area contributed by atoms with E-state index in [1.54, 1.807) is 10.9 Å². The molecule has 2 heterocycles. The van der Waals surface area contributed by atoms with Crippen molar-refractivity contribution in [1.29, 1.82) is 0 Å². The lowest BCUT2D eigenvalue weighted by Crippen LogP contribution is -2.11. The maximum absolute atomic E-state index is 12.1. The Bertz CT molecular complexity index is 553. The number of aryl methyl sites for hydroxylation is 4. The van der Waals surface area contributed by atoms with Gasteiger partial charge in [0.1, 0.15) is 11.5 Å². The number of ketones is 1. The normalized spacial score (nSPS) is 10.8. The minimum Gasteiger partial charge on any atom is -0.338 e. The summed E-state index contributed by atoms with van der Waals surface area (Å²) in [5, 5.41) is 4.29. The Morgan fingerprint density at radius 3 is 2.83 bits per heavy atom. The first-order chi connectivity index (χ1) is 8.61. The summed E-state index contributed by atoms with van der Waals surface area (Å²) < 4.78 is 3.70. The van der Waals surface area contributed by atoms with Crippen molar-refractivity contribution in [1.82, 2.24) is 19.3 Å². The topological polar surface area (TPSA) is 52.7 Å². The van der Waals surface area contributed by atoms with Crippen molar-refractivity contribution in [2.75, 3.05) is 0 Å². The number of carbonyl (C=O) groups excluding carboxylic acids is 1. The summed E-state index contributed by atoms with van der Waals surface area (Å²) in [6, 6.07) is 1.85. The summed E-state index contributed by atoms with van der Waals surface area (Å²) in [6.07, 6.45) is 4.77. The Morgan fingerprint density at radius 2 is 2.22 bits per heavy atom. The molecule has 0 aliphatic rings. The fourth-order valence-corrected chi connectivity index (χ4v) is 2.00. The third-order valence-electron chi connectivity index (χ3n) is 2.98. The van der Waals surface area contributed by atoms with Crippen LogP contribution < -0.4 is 0 Å². The number of hydrogen-bond donors (Lipinski definition) is 0. The molecule has 0 N–H and O–H groups in total. The van der Waals surface area contributed by atoms with Crippen LogP contribution in [0.25, 0.3) is 0 Å². The maximum Gasteiger partial charge on any atom is 0.181 e.